The summed E-state index contributed by atoms with van der Waals surface area (Å²) in [4.78, 5) is 11.8. The number of hydrogen-bond donors (Lipinski definition) is 1. The van der Waals surface area contributed by atoms with Crippen molar-refractivity contribution >= 4 is 16.0 Å². The van der Waals surface area contributed by atoms with Gasteiger partial charge < -0.3 is 14.2 Å². The van der Waals surface area contributed by atoms with Crippen molar-refractivity contribution in [2.45, 2.75) is 24.8 Å². The quantitative estimate of drug-likeness (QED) is 0.788. The largest absolute Gasteiger partial charge is 0.486 e. The zero-order chi connectivity index (χ0) is 19.6. The SMILES string of the molecule is COC(=O)c1cc(S(=O)(=O)N[C@@H](C)c2ccc3c(c2)OCCO3)ccc1C. The molecule has 144 valence electrons. The molecular formula is C19H21NO6S. The van der Waals surface area contributed by atoms with Gasteiger partial charge in [0.05, 0.1) is 17.6 Å². The standard InChI is InChI=1S/C19H21NO6S/c1-12-4-6-15(11-16(12)19(21)24-3)27(22,23)20-13(2)14-5-7-17-18(10-14)26-9-8-25-17/h4-7,10-11,13,20H,8-9H2,1-3H3/t13-/m0/s1. The molecule has 1 N–H and O–H groups in total. The number of aryl methyl sites for hydroxylation is 1. The van der Waals surface area contributed by atoms with Gasteiger partial charge in [-0.1, -0.05) is 12.1 Å². The molecule has 0 aliphatic carbocycles. The highest BCUT2D eigenvalue weighted by Crippen LogP contribution is 2.33. The molecule has 1 atom stereocenters. The third-order valence-corrected chi connectivity index (χ3v) is 5.86. The number of hydrogen-bond acceptors (Lipinski definition) is 6. The first-order valence-electron chi connectivity index (χ1n) is 8.42. The molecule has 0 amide bonds. The lowest BCUT2D eigenvalue weighted by Crippen LogP contribution is -2.27. The molecule has 0 fully saturated rings. The van der Waals surface area contributed by atoms with Gasteiger partial charge in [0.2, 0.25) is 10.0 Å². The number of carbonyl (C=O) groups excluding carboxylic acids is 1. The van der Waals surface area contributed by atoms with Gasteiger partial charge in [0.25, 0.3) is 0 Å². The molecule has 2 aromatic rings. The Morgan fingerprint density at radius 3 is 2.52 bits per heavy atom. The fourth-order valence-corrected chi connectivity index (χ4v) is 4.05. The van der Waals surface area contributed by atoms with Crippen LogP contribution in [0.1, 0.15) is 34.5 Å². The molecule has 1 aliphatic heterocycles. The van der Waals surface area contributed by atoms with Gasteiger partial charge in [0, 0.05) is 6.04 Å². The van der Waals surface area contributed by atoms with E-state index in [0.717, 1.165) is 5.56 Å². The topological polar surface area (TPSA) is 90.9 Å². The van der Waals surface area contributed by atoms with Crippen LogP contribution in [0.15, 0.2) is 41.3 Å². The fourth-order valence-electron chi connectivity index (χ4n) is 2.80. The second-order valence-electron chi connectivity index (χ2n) is 6.21. The highest BCUT2D eigenvalue weighted by molar-refractivity contribution is 7.89. The second kappa shape index (κ2) is 7.58. The molecule has 1 aliphatic rings. The number of rotatable bonds is 5. The van der Waals surface area contributed by atoms with Gasteiger partial charge in [-0.2, -0.15) is 0 Å². The summed E-state index contributed by atoms with van der Waals surface area (Å²) in [5.74, 6) is 0.652. The fraction of sp³-hybridized carbons (Fsp3) is 0.316. The molecule has 0 aromatic heterocycles. The Bertz CT molecular complexity index is 970. The lowest BCUT2D eigenvalue weighted by molar-refractivity contribution is 0.0599. The minimum atomic E-state index is -3.84. The van der Waals surface area contributed by atoms with E-state index in [1.165, 1.54) is 19.2 Å². The van der Waals surface area contributed by atoms with Crippen LogP contribution in [0.25, 0.3) is 0 Å². The summed E-state index contributed by atoms with van der Waals surface area (Å²) in [5, 5.41) is 0. The Labute approximate surface area is 158 Å². The van der Waals surface area contributed by atoms with Crippen LogP contribution in [-0.2, 0) is 14.8 Å². The van der Waals surface area contributed by atoms with Gasteiger partial charge in [-0.25, -0.2) is 17.9 Å². The summed E-state index contributed by atoms with van der Waals surface area (Å²) in [6.07, 6.45) is 0. The predicted octanol–water partition coefficient (Wildman–Crippen LogP) is 2.59. The number of nitrogens with one attached hydrogen (secondary N) is 1. The van der Waals surface area contributed by atoms with Crippen molar-refractivity contribution in [1.29, 1.82) is 0 Å². The summed E-state index contributed by atoms with van der Waals surface area (Å²) < 4.78 is 43.9. The Hall–Kier alpha value is -2.58. The van der Waals surface area contributed by atoms with Crippen LogP contribution >= 0.6 is 0 Å². The van der Waals surface area contributed by atoms with Crippen molar-refractivity contribution in [3.05, 3.63) is 53.1 Å². The van der Waals surface area contributed by atoms with Crippen LogP contribution < -0.4 is 14.2 Å². The molecule has 1 heterocycles. The lowest BCUT2D eigenvalue weighted by atomic mass is 10.1. The highest BCUT2D eigenvalue weighted by atomic mass is 32.2. The number of benzene rings is 2. The van der Waals surface area contributed by atoms with E-state index < -0.39 is 22.0 Å². The summed E-state index contributed by atoms with van der Waals surface area (Å²) in [6, 6.07) is 9.16. The van der Waals surface area contributed by atoms with E-state index in [0.29, 0.717) is 30.3 Å². The number of carbonyl (C=O) groups is 1. The molecule has 0 radical (unpaired) electrons. The van der Waals surface area contributed by atoms with Gasteiger partial charge in [-0.05, 0) is 49.2 Å². The minimum absolute atomic E-state index is 0.00195. The highest BCUT2D eigenvalue weighted by Gasteiger charge is 2.22. The molecule has 0 bridgehead atoms. The normalized spacial score (nSPS) is 14.5. The third-order valence-electron chi connectivity index (χ3n) is 4.32. The van der Waals surface area contributed by atoms with Crippen LogP contribution in [-0.4, -0.2) is 34.7 Å². The molecule has 3 rings (SSSR count). The van der Waals surface area contributed by atoms with Crippen molar-refractivity contribution in [3.8, 4) is 11.5 Å². The van der Waals surface area contributed by atoms with Crippen LogP contribution in [0.4, 0.5) is 0 Å². The average molecular weight is 391 g/mol. The molecule has 0 saturated heterocycles. The molecule has 27 heavy (non-hydrogen) atoms. The summed E-state index contributed by atoms with van der Waals surface area (Å²) in [7, 11) is -2.58. The van der Waals surface area contributed by atoms with E-state index in [2.05, 4.69) is 4.72 Å². The molecule has 0 spiro atoms. The van der Waals surface area contributed by atoms with Crippen molar-refractivity contribution in [2.24, 2.45) is 0 Å². The first-order valence-corrected chi connectivity index (χ1v) is 9.91. The molecule has 2 aromatic carbocycles. The Kier molecular flexibility index (Phi) is 5.38. The average Bonchev–Trinajstić information content (AvgIpc) is 2.66. The summed E-state index contributed by atoms with van der Waals surface area (Å²) >= 11 is 0. The maximum atomic E-state index is 12.8. The van der Waals surface area contributed by atoms with E-state index in [1.54, 1.807) is 38.1 Å². The van der Waals surface area contributed by atoms with E-state index >= 15 is 0 Å². The molecule has 0 unspecified atom stereocenters. The molecule has 8 heteroatoms. The Balaban J connectivity index is 1.85. The maximum absolute atomic E-state index is 12.8. The molecular weight excluding hydrogens is 370 g/mol. The third kappa shape index (κ3) is 4.06. The molecule has 7 nitrogen and oxygen atoms in total. The number of esters is 1. The van der Waals surface area contributed by atoms with E-state index in [9.17, 15) is 13.2 Å². The van der Waals surface area contributed by atoms with Gasteiger partial charge >= 0.3 is 5.97 Å². The van der Waals surface area contributed by atoms with Gasteiger partial charge in [-0.15, -0.1) is 0 Å². The summed E-state index contributed by atoms with van der Waals surface area (Å²) in [6.45, 7) is 4.40. The van der Waals surface area contributed by atoms with Crippen LogP contribution in [0.2, 0.25) is 0 Å². The second-order valence-corrected chi connectivity index (χ2v) is 7.93. The monoisotopic (exact) mass is 391 g/mol. The lowest BCUT2D eigenvalue weighted by Gasteiger charge is -2.21. The zero-order valence-electron chi connectivity index (χ0n) is 15.3. The van der Waals surface area contributed by atoms with Gasteiger partial charge in [-0.3, -0.25) is 0 Å². The van der Waals surface area contributed by atoms with Gasteiger partial charge in [0.15, 0.2) is 11.5 Å². The number of methoxy groups -OCH3 is 1. The van der Waals surface area contributed by atoms with Gasteiger partial charge in [0.1, 0.15) is 13.2 Å². The zero-order valence-corrected chi connectivity index (χ0v) is 16.1. The van der Waals surface area contributed by atoms with Crippen LogP contribution in [0.5, 0.6) is 11.5 Å². The number of fused-ring (bicyclic) bond motifs is 1. The van der Waals surface area contributed by atoms with Crippen molar-refractivity contribution in [1.82, 2.24) is 4.72 Å². The van der Waals surface area contributed by atoms with Crippen molar-refractivity contribution in [3.63, 3.8) is 0 Å². The number of sulfonamides is 1. The van der Waals surface area contributed by atoms with E-state index in [4.69, 9.17) is 14.2 Å². The van der Waals surface area contributed by atoms with Crippen LogP contribution in [0, 0.1) is 6.92 Å². The van der Waals surface area contributed by atoms with Crippen molar-refractivity contribution < 1.29 is 27.4 Å². The van der Waals surface area contributed by atoms with E-state index in [-0.39, 0.29) is 10.5 Å². The Morgan fingerprint density at radius 1 is 1.11 bits per heavy atom. The first-order chi connectivity index (χ1) is 12.8. The minimum Gasteiger partial charge on any atom is -0.486 e. The van der Waals surface area contributed by atoms with Crippen LogP contribution in [0.3, 0.4) is 0 Å². The van der Waals surface area contributed by atoms with E-state index in [1.807, 2.05) is 0 Å². The molecule has 0 saturated carbocycles. The summed E-state index contributed by atoms with van der Waals surface area (Å²) in [5.41, 5.74) is 1.59. The number of ether oxygens (including phenoxy) is 3. The predicted molar refractivity (Wildman–Crippen MR) is 98.7 cm³/mol. The first kappa shape index (κ1) is 19.2. The van der Waals surface area contributed by atoms with Crippen molar-refractivity contribution in [2.75, 3.05) is 20.3 Å². The Morgan fingerprint density at radius 2 is 1.81 bits per heavy atom. The maximum Gasteiger partial charge on any atom is 0.338 e. The smallest absolute Gasteiger partial charge is 0.338 e.